The summed E-state index contributed by atoms with van der Waals surface area (Å²) in [6, 6.07) is 8.53. The number of piperazine rings is 1. The number of H-pyrrole nitrogens is 1. The quantitative estimate of drug-likeness (QED) is 0.512. The first-order chi connectivity index (χ1) is 16.5. The van der Waals surface area contributed by atoms with Gasteiger partial charge in [-0.3, -0.25) is 14.7 Å². The van der Waals surface area contributed by atoms with Crippen LogP contribution in [0.3, 0.4) is 0 Å². The highest BCUT2D eigenvalue weighted by atomic mass is 16.3. The van der Waals surface area contributed by atoms with Crippen LogP contribution < -0.4 is 5.73 Å². The number of phenolic OH excluding ortho intramolecular Hbond substituents is 1. The van der Waals surface area contributed by atoms with Crippen LogP contribution in [0.15, 0.2) is 42.7 Å². The van der Waals surface area contributed by atoms with Crippen molar-refractivity contribution in [1.82, 2.24) is 30.2 Å². The molecule has 0 unspecified atom stereocenters. The monoisotopic (exact) mass is 477 g/mol. The number of benzene rings is 1. The molecule has 10 heteroatoms. The minimum Gasteiger partial charge on any atom is -0.507 e. The highest BCUT2D eigenvalue weighted by Crippen LogP contribution is 2.34. The molecule has 184 valence electrons. The third kappa shape index (κ3) is 4.74. The lowest BCUT2D eigenvalue weighted by Gasteiger charge is -2.56. The van der Waals surface area contributed by atoms with Gasteiger partial charge in [0.1, 0.15) is 5.75 Å². The van der Waals surface area contributed by atoms with E-state index in [1.54, 1.807) is 41.6 Å². The molecule has 0 atom stereocenters. The van der Waals surface area contributed by atoms with Gasteiger partial charge in [-0.1, -0.05) is 6.07 Å². The lowest BCUT2D eigenvalue weighted by atomic mass is 9.86. The third-order valence-electron chi connectivity index (χ3n) is 6.25. The molecule has 0 aliphatic carbocycles. The van der Waals surface area contributed by atoms with Crippen molar-refractivity contribution in [2.45, 2.75) is 45.2 Å². The van der Waals surface area contributed by atoms with Crippen LogP contribution in [-0.4, -0.2) is 77.8 Å². The highest BCUT2D eigenvalue weighted by Gasteiger charge is 2.48. The standard InChI is InChI=1S/C25H31N7O3/c1-24(2)14-31(15-25(3,4)32(24)22(34)9-10-26)23(35)20-8-7-19(29-30-20)18-6-5-16(11-21(18)33)17-12-27-28-13-17/h5-8,11-13,33H,9-10,14-15,26H2,1-4H3,(H,27,28). The summed E-state index contributed by atoms with van der Waals surface area (Å²) in [6.07, 6.45) is 3.68. The molecule has 35 heavy (non-hydrogen) atoms. The number of nitrogens with one attached hydrogen (secondary N) is 1. The second kappa shape index (κ2) is 9.10. The first-order valence-corrected chi connectivity index (χ1v) is 11.5. The van der Waals surface area contributed by atoms with Gasteiger partial charge in [0.05, 0.1) is 23.0 Å². The van der Waals surface area contributed by atoms with Crippen LogP contribution in [0.25, 0.3) is 22.4 Å². The van der Waals surface area contributed by atoms with Crippen LogP contribution in [-0.2, 0) is 4.79 Å². The Hall–Kier alpha value is -3.79. The third-order valence-corrected chi connectivity index (χ3v) is 6.25. The highest BCUT2D eigenvalue weighted by molar-refractivity contribution is 5.93. The van der Waals surface area contributed by atoms with Gasteiger partial charge in [-0.05, 0) is 57.5 Å². The van der Waals surface area contributed by atoms with Crippen molar-refractivity contribution in [3.8, 4) is 28.1 Å². The van der Waals surface area contributed by atoms with Gasteiger partial charge in [-0.2, -0.15) is 5.10 Å². The molecule has 2 aromatic heterocycles. The van der Waals surface area contributed by atoms with E-state index in [1.165, 1.54) is 0 Å². The van der Waals surface area contributed by atoms with Crippen molar-refractivity contribution in [3.63, 3.8) is 0 Å². The van der Waals surface area contributed by atoms with Crippen molar-refractivity contribution in [1.29, 1.82) is 0 Å². The molecule has 1 fully saturated rings. The zero-order chi connectivity index (χ0) is 25.4. The molecule has 3 heterocycles. The van der Waals surface area contributed by atoms with E-state index in [-0.39, 0.29) is 36.2 Å². The van der Waals surface area contributed by atoms with Gasteiger partial charge in [-0.15, -0.1) is 10.2 Å². The molecule has 10 nitrogen and oxygen atoms in total. The molecular formula is C25H31N7O3. The molecule has 3 aromatic rings. The fourth-order valence-corrected chi connectivity index (χ4v) is 5.09. The summed E-state index contributed by atoms with van der Waals surface area (Å²) in [7, 11) is 0. The zero-order valence-corrected chi connectivity index (χ0v) is 20.4. The van der Waals surface area contributed by atoms with Gasteiger partial charge >= 0.3 is 0 Å². The van der Waals surface area contributed by atoms with E-state index in [1.807, 2.05) is 38.7 Å². The Labute approximate surface area is 204 Å². The molecule has 4 rings (SSSR count). The Bertz CT molecular complexity index is 1200. The minimum absolute atomic E-state index is 0.0164. The normalized spacial score (nSPS) is 16.8. The van der Waals surface area contributed by atoms with Crippen molar-refractivity contribution in [2.75, 3.05) is 19.6 Å². The van der Waals surface area contributed by atoms with Gasteiger partial charge in [0.15, 0.2) is 5.69 Å². The fourth-order valence-electron chi connectivity index (χ4n) is 5.09. The minimum atomic E-state index is -0.570. The predicted octanol–water partition coefficient (Wildman–Crippen LogP) is 2.43. The van der Waals surface area contributed by atoms with E-state index in [0.29, 0.717) is 24.3 Å². The number of rotatable bonds is 5. The second-order valence-corrected chi connectivity index (χ2v) is 10.1. The molecule has 0 radical (unpaired) electrons. The maximum absolute atomic E-state index is 13.3. The molecule has 0 saturated carbocycles. The number of hydrogen-bond donors (Lipinski definition) is 3. The van der Waals surface area contributed by atoms with Crippen LogP contribution in [0.4, 0.5) is 0 Å². The summed E-state index contributed by atoms with van der Waals surface area (Å²) in [4.78, 5) is 29.6. The number of nitrogens with zero attached hydrogens (tertiary/aromatic N) is 5. The maximum atomic E-state index is 13.3. The van der Waals surface area contributed by atoms with Crippen LogP contribution in [0.2, 0.25) is 0 Å². The first-order valence-electron chi connectivity index (χ1n) is 11.5. The van der Waals surface area contributed by atoms with Crippen molar-refractivity contribution in [2.24, 2.45) is 5.73 Å². The van der Waals surface area contributed by atoms with Gasteiger partial charge < -0.3 is 20.6 Å². The number of amides is 2. The second-order valence-electron chi connectivity index (χ2n) is 10.1. The molecule has 0 bridgehead atoms. The van der Waals surface area contributed by atoms with Gasteiger partial charge in [-0.25, -0.2) is 0 Å². The summed E-state index contributed by atoms with van der Waals surface area (Å²) in [5.74, 6) is -0.216. The Morgan fingerprint density at radius 2 is 1.77 bits per heavy atom. The molecule has 4 N–H and O–H groups in total. The first kappa shape index (κ1) is 24.3. The number of aromatic hydroxyl groups is 1. The predicted molar refractivity (Wildman–Crippen MR) is 131 cm³/mol. The van der Waals surface area contributed by atoms with E-state index in [4.69, 9.17) is 5.73 Å². The smallest absolute Gasteiger partial charge is 0.274 e. The van der Waals surface area contributed by atoms with Gasteiger partial charge in [0, 0.05) is 43.4 Å². The Morgan fingerprint density at radius 1 is 1.06 bits per heavy atom. The van der Waals surface area contributed by atoms with E-state index < -0.39 is 11.1 Å². The van der Waals surface area contributed by atoms with E-state index >= 15 is 0 Å². The average Bonchev–Trinajstić information content (AvgIpc) is 3.32. The summed E-state index contributed by atoms with van der Waals surface area (Å²) in [5.41, 5.74) is 7.31. The Kier molecular flexibility index (Phi) is 6.33. The summed E-state index contributed by atoms with van der Waals surface area (Å²) >= 11 is 0. The Morgan fingerprint density at radius 3 is 2.31 bits per heavy atom. The summed E-state index contributed by atoms with van der Waals surface area (Å²) in [6.45, 7) is 8.83. The summed E-state index contributed by atoms with van der Waals surface area (Å²) < 4.78 is 0. The number of carbonyl (C=O) groups excluding carboxylic acids is 2. The van der Waals surface area contributed by atoms with Crippen molar-refractivity contribution < 1.29 is 14.7 Å². The largest absolute Gasteiger partial charge is 0.507 e. The number of phenols is 1. The maximum Gasteiger partial charge on any atom is 0.274 e. The number of hydrogen-bond acceptors (Lipinski definition) is 7. The number of carbonyl (C=O) groups is 2. The van der Waals surface area contributed by atoms with E-state index in [0.717, 1.165) is 11.1 Å². The lowest BCUT2D eigenvalue weighted by molar-refractivity contribution is -0.151. The number of aromatic amines is 1. The fraction of sp³-hybridized carbons (Fsp3) is 0.400. The molecule has 1 aromatic carbocycles. The van der Waals surface area contributed by atoms with Crippen LogP contribution in [0.1, 0.15) is 44.6 Å². The van der Waals surface area contributed by atoms with Crippen molar-refractivity contribution in [3.05, 3.63) is 48.4 Å². The number of nitrogens with two attached hydrogens (primary N) is 1. The molecule has 0 spiro atoms. The average molecular weight is 478 g/mol. The SMILES string of the molecule is CC1(C)CN(C(=O)c2ccc(-c3ccc(-c4cn[nH]c4)cc3O)nn2)CC(C)(C)N1C(=O)CCN. The van der Waals surface area contributed by atoms with Crippen LogP contribution in [0.5, 0.6) is 5.75 Å². The molecule has 2 amide bonds. The molecule has 1 aliphatic rings. The molecule has 1 saturated heterocycles. The van der Waals surface area contributed by atoms with Gasteiger partial charge in [0.25, 0.3) is 5.91 Å². The van der Waals surface area contributed by atoms with Crippen LogP contribution >= 0.6 is 0 Å². The lowest BCUT2D eigenvalue weighted by Crippen LogP contribution is -2.70. The van der Waals surface area contributed by atoms with E-state index in [2.05, 4.69) is 20.4 Å². The number of aromatic nitrogens is 4. The molecule has 1 aliphatic heterocycles. The van der Waals surface area contributed by atoms with Crippen LogP contribution in [0, 0.1) is 0 Å². The van der Waals surface area contributed by atoms with Gasteiger partial charge in [0.2, 0.25) is 5.91 Å². The van der Waals surface area contributed by atoms with Crippen molar-refractivity contribution >= 4 is 11.8 Å². The van der Waals surface area contributed by atoms with E-state index in [9.17, 15) is 14.7 Å². The topological polar surface area (TPSA) is 141 Å². The molecular weight excluding hydrogens is 446 g/mol. The Balaban J connectivity index is 1.53. The zero-order valence-electron chi connectivity index (χ0n) is 20.4. The summed E-state index contributed by atoms with van der Waals surface area (Å²) in [5, 5.41) is 25.6.